The lowest BCUT2D eigenvalue weighted by Crippen LogP contribution is -2.41. The number of aliphatic hydroxyl groups is 1. The Bertz CT molecular complexity index is 453. The van der Waals surface area contributed by atoms with Crippen LogP contribution in [0.5, 0.6) is 0 Å². The van der Waals surface area contributed by atoms with E-state index in [1.807, 2.05) is 20.8 Å². The van der Waals surface area contributed by atoms with Crippen LogP contribution in [0.15, 0.2) is 18.2 Å². The molecule has 0 aromatic heterocycles. The van der Waals surface area contributed by atoms with E-state index < -0.39 is 5.60 Å². The number of hydrogen-bond donors (Lipinski definition) is 3. The molecule has 19 heavy (non-hydrogen) atoms. The van der Waals surface area contributed by atoms with Crippen molar-refractivity contribution in [3.63, 3.8) is 0 Å². The molecule has 1 rings (SSSR count). The SMILES string of the molecule is Cc1c(N)cccc1C(=O)NCC(C)(O)CC(C)C. The second-order valence-electron chi connectivity index (χ2n) is 5.80. The molecular formula is C15H24N2O2. The summed E-state index contributed by atoms with van der Waals surface area (Å²) in [5.41, 5.74) is 6.81. The van der Waals surface area contributed by atoms with Crippen molar-refractivity contribution >= 4 is 11.6 Å². The highest BCUT2D eigenvalue weighted by atomic mass is 16.3. The number of rotatable bonds is 5. The van der Waals surface area contributed by atoms with Crippen molar-refractivity contribution in [2.75, 3.05) is 12.3 Å². The van der Waals surface area contributed by atoms with Gasteiger partial charge in [0.25, 0.3) is 5.91 Å². The Hall–Kier alpha value is -1.55. The molecule has 1 aromatic carbocycles. The first-order chi connectivity index (χ1) is 8.73. The minimum Gasteiger partial charge on any atom is -0.398 e. The number of nitrogen functional groups attached to an aromatic ring is 1. The average molecular weight is 264 g/mol. The molecule has 1 amide bonds. The summed E-state index contributed by atoms with van der Waals surface area (Å²) < 4.78 is 0. The lowest BCUT2D eigenvalue weighted by atomic mass is 9.94. The smallest absolute Gasteiger partial charge is 0.251 e. The third-order valence-electron chi connectivity index (χ3n) is 3.10. The second kappa shape index (κ2) is 6.06. The first-order valence-electron chi connectivity index (χ1n) is 6.58. The van der Waals surface area contributed by atoms with Gasteiger partial charge in [0.05, 0.1) is 5.60 Å². The van der Waals surface area contributed by atoms with E-state index in [0.717, 1.165) is 5.56 Å². The number of anilines is 1. The molecule has 0 spiro atoms. The Morgan fingerprint density at radius 2 is 2.11 bits per heavy atom. The Labute approximate surface area is 115 Å². The zero-order valence-electron chi connectivity index (χ0n) is 12.2. The van der Waals surface area contributed by atoms with Gasteiger partial charge in [-0.15, -0.1) is 0 Å². The van der Waals surface area contributed by atoms with Gasteiger partial charge < -0.3 is 16.2 Å². The zero-order chi connectivity index (χ0) is 14.6. The number of nitrogens with two attached hydrogens (primary N) is 1. The van der Waals surface area contributed by atoms with Gasteiger partial charge in [0.15, 0.2) is 0 Å². The van der Waals surface area contributed by atoms with Gasteiger partial charge in [-0.2, -0.15) is 0 Å². The number of amides is 1. The number of benzene rings is 1. The molecular weight excluding hydrogens is 240 g/mol. The maximum absolute atomic E-state index is 12.1. The van der Waals surface area contributed by atoms with E-state index in [-0.39, 0.29) is 12.5 Å². The number of nitrogens with one attached hydrogen (secondary N) is 1. The summed E-state index contributed by atoms with van der Waals surface area (Å²) >= 11 is 0. The summed E-state index contributed by atoms with van der Waals surface area (Å²) in [5.74, 6) is 0.176. The Morgan fingerprint density at radius 1 is 1.47 bits per heavy atom. The van der Waals surface area contributed by atoms with Crippen LogP contribution in [-0.4, -0.2) is 23.2 Å². The fourth-order valence-corrected chi connectivity index (χ4v) is 2.22. The van der Waals surface area contributed by atoms with Gasteiger partial charge in [0.1, 0.15) is 0 Å². The standard InChI is InChI=1S/C15H24N2O2/c1-10(2)8-15(4,19)9-17-14(18)12-6-5-7-13(16)11(12)3/h5-7,10,19H,8-9,16H2,1-4H3,(H,17,18). The van der Waals surface area contributed by atoms with Gasteiger partial charge in [-0.25, -0.2) is 0 Å². The normalized spacial score (nSPS) is 14.2. The van der Waals surface area contributed by atoms with Gasteiger partial charge in [0, 0.05) is 17.8 Å². The van der Waals surface area contributed by atoms with Crippen LogP contribution in [0.25, 0.3) is 0 Å². The molecule has 4 N–H and O–H groups in total. The molecule has 4 nitrogen and oxygen atoms in total. The predicted molar refractivity (Wildman–Crippen MR) is 78.0 cm³/mol. The predicted octanol–water partition coefficient (Wildman–Crippen LogP) is 2.10. The molecule has 0 fully saturated rings. The van der Waals surface area contributed by atoms with Gasteiger partial charge in [-0.05, 0) is 43.9 Å². The van der Waals surface area contributed by atoms with Crippen molar-refractivity contribution in [3.05, 3.63) is 29.3 Å². The Morgan fingerprint density at radius 3 is 2.68 bits per heavy atom. The Balaban J connectivity index is 2.68. The monoisotopic (exact) mass is 264 g/mol. The molecule has 4 heteroatoms. The van der Waals surface area contributed by atoms with E-state index in [2.05, 4.69) is 5.32 Å². The minimum absolute atomic E-state index is 0.200. The summed E-state index contributed by atoms with van der Waals surface area (Å²) in [6.45, 7) is 7.87. The molecule has 0 radical (unpaired) electrons. The fourth-order valence-electron chi connectivity index (χ4n) is 2.22. The maximum atomic E-state index is 12.1. The summed E-state index contributed by atoms with van der Waals surface area (Å²) in [4.78, 5) is 12.1. The van der Waals surface area contributed by atoms with E-state index >= 15 is 0 Å². The average Bonchev–Trinajstić information content (AvgIpc) is 2.28. The summed E-state index contributed by atoms with van der Waals surface area (Å²) in [7, 11) is 0. The second-order valence-corrected chi connectivity index (χ2v) is 5.80. The van der Waals surface area contributed by atoms with Gasteiger partial charge in [0.2, 0.25) is 0 Å². The number of carbonyl (C=O) groups is 1. The van der Waals surface area contributed by atoms with Crippen LogP contribution in [0.2, 0.25) is 0 Å². The quantitative estimate of drug-likeness (QED) is 0.713. The third-order valence-corrected chi connectivity index (χ3v) is 3.10. The van der Waals surface area contributed by atoms with Crippen LogP contribution < -0.4 is 11.1 Å². The molecule has 1 atom stereocenters. The van der Waals surface area contributed by atoms with Crippen molar-refractivity contribution < 1.29 is 9.90 Å². The molecule has 0 saturated heterocycles. The van der Waals surface area contributed by atoms with Crippen LogP contribution in [-0.2, 0) is 0 Å². The molecule has 0 heterocycles. The summed E-state index contributed by atoms with van der Waals surface area (Å²) in [6, 6.07) is 5.25. The highest BCUT2D eigenvalue weighted by Gasteiger charge is 2.23. The third kappa shape index (κ3) is 4.56. The highest BCUT2D eigenvalue weighted by molar-refractivity contribution is 5.96. The number of carbonyl (C=O) groups excluding carboxylic acids is 1. The molecule has 1 aromatic rings. The van der Waals surface area contributed by atoms with Crippen LogP contribution in [0.4, 0.5) is 5.69 Å². The summed E-state index contributed by atoms with van der Waals surface area (Å²) in [6.07, 6.45) is 0.642. The van der Waals surface area contributed by atoms with Crippen LogP contribution in [0.3, 0.4) is 0 Å². The molecule has 0 bridgehead atoms. The van der Waals surface area contributed by atoms with Gasteiger partial charge >= 0.3 is 0 Å². The maximum Gasteiger partial charge on any atom is 0.251 e. The lowest BCUT2D eigenvalue weighted by Gasteiger charge is -2.25. The van der Waals surface area contributed by atoms with E-state index in [1.54, 1.807) is 25.1 Å². The molecule has 0 saturated carbocycles. The largest absolute Gasteiger partial charge is 0.398 e. The van der Waals surface area contributed by atoms with E-state index in [1.165, 1.54) is 0 Å². The van der Waals surface area contributed by atoms with E-state index in [9.17, 15) is 9.90 Å². The van der Waals surface area contributed by atoms with Gasteiger partial charge in [-0.1, -0.05) is 19.9 Å². The van der Waals surface area contributed by atoms with Crippen LogP contribution in [0, 0.1) is 12.8 Å². The van der Waals surface area contributed by atoms with Crippen molar-refractivity contribution in [1.82, 2.24) is 5.32 Å². The Kier molecular flexibility index (Phi) is 4.95. The zero-order valence-corrected chi connectivity index (χ0v) is 12.2. The highest BCUT2D eigenvalue weighted by Crippen LogP contribution is 2.17. The van der Waals surface area contributed by atoms with E-state index in [0.29, 0.717) is 23.6 Å². The molecule has 0 aliphatic rings. The molecule has 1 unspecified atom stereocenters. The van der Waals surface area contributed by atoms with Crippen molar-refractivity contribution in [2.24, 2.45) is 5.92 Å². The molecule has 106 valence electrons. The van der Waals surface area contributed by atoms with Crippen molar-refractivity contribution in [1.29, 1.82) is 0 Å². The minimum atomic E-state index is -0.891. The van der Waals surface area contributed by atoms with E-state index in [4.69, 9.17) is 5.73 Å². The van der Waals surface area contributed by atoms with Crippen molar-refractivity contribution in [3.8, 4) is 0 Å². The number of hydrogen-bond acceptors (Lipinski definition) is 3. The van der Waals surface area contributed by atoms with Crippen LogP contribution >= 0.6 is 0 Å². The summed E-state index contributed by atoms with van der Waals surface area (Å²) in [5, 5.41) is 12.9. The molecule has 0 aliphatic heterocycles. The lowest BCUT2D eigenvalue weighted by molar-refractivity contribution is 0.0368. The first-order valence-corrected chi connectivity index (χ1v) is 6.58. The first kappa shape index (κ1) is 15.5. The molecule has 0 aliphatic carbocycles. The van der Waals surface area contributed by atoms with Crippen LogP contribution in [0.1, 0.15) is 43.1 Å². The fraction of sp³-hybridized carbons (Fsp3) is 0.533. The van der Waals surface area contributed by atoms with Crippen molar-refractivity contribution in [2.45, 2.75) is 39.7 Å². The topological polar surface area (TPSA) is 75.4 Å². The van der Waals surface area contributed by atoms with Gasteiger partial charge in [-0.3, -0.25) is 4.79 Å².